The third-order valence-electron chi connectivity index (χ3n) is 3.46. The van der Waals surface area contributed by atoms with Crippen LogP contribution >= 0.6 is 0 Å². The molecule has 1 atom stereocenters. The molecule has 6 nitrogen and oxygen atoms in total. The molecule has 110 valence electrons. The maximum atomic E-state index is 11.2. The second-order valence-corrected chi connectivity index (χ2v) is 5.56. The van der Waals surface area contributed by atoms with Crippen LogP contribution in [0.4, 0.5) is 11.4 Å². The first-order chi connectivity index (χ1) is 9.43. The maximum absolute atomic E-state index is 11.2. The Morgan fingerprint density at radius 1 is 1.50 bits per heavy atom. The predicted molar refractivity (Wildman–Crippen MR) is 76.3 cm³/mol. The van der Waals surface area contributed by atoms with Crippen LogP contribution in [0.5, 0.6) is 5.75 Å². The Kier molecular flexibility index (Phi) is 4.13. The third-order valence-corrected chi connectivity index (χ3v) is 3.46. The summed E-state index contributed by atoms with van der Waals surface area (Å²) in [6.07, 6.45) is 1.64. The fraction of sp³-hybridized carbons (Fsp3) is 0.571. The molecule has 1 aliphatic rings. The van der Waals surface area contributed by atoms with Crippen molar-refractivity contribution in [3.05, 3.63) is 28.3 Å². The fourth-order valence-corrected chi connectivity index (χ4v) is 2.57. The number of hydrogen-bond acceptors (Lipinski definition) is 5. The molecule has 0 saturated carbocycles. The molecule has 0 aromatic heterocycles. The molecule has 2 rings (SSSR count). The standard InChI is InChI=1S/C14H20N2O4/c1-14(2)9-10(7-8-20-14)15-11-5-4-6-12(19-3)13(11)16(17)18/h4-6,10,15H,7-9H2,1-3H3. The largest absolute Gasteiger partial charge is 0.490 e. The van der Waals surface area contributed by atoms with E-state index in [9.17, 15) is 10.1 Å². The molecule has 1 aromatic rings. The molecule has 20 heavy (non-hydrogen) atoms. The van der Waals surface area contributed by atoms with Crippen molar-refractivity contribution in [1.82, 2.24) is 0 Å². The summed E-state index contributed by atoms with van der Waals surface area (Å²) in [5.74, 6) is 0.270. The van der Waals surface area contributed by atoms with Crippen molar-refractivity contribution in [3.63, 3.8) is 0 Å². The highest BCUT2D eigenvalue weighted by atomic mass is 16.6. The van der Waals surface area contributed by atoms with E-state index >= 15 is 0 Å². The summed E-state index contributed by atoms with van der Waals surface area (Å²) in [6, 6.07) is 5.21. The van der Waals surface area contributed by atoms with E-state index in [1.807, 2.05) is 13.8 Å². The van der Waals surface area contributed by atoms with Crippen molar-refractivity contribution >= 4 is 11.4 Å². The number of benzene rings is 1. The molecular weight excluding hydrogens is 260 g/mol. The van der Waals surface area contributed by atoms with E-state index in [2.05, 4.69) is 5.32 Å². The van der Waals surface area contributed by atoms with Crippen molar-refractivity contribution < 1.29 is 14.4 Å². The molecule has 1 heterocycles. The summed E-state index contributed by atoms with van der Waals surface area (Å²) in [6.45, 7) is 4.71. The molecule has 6 heteroatoms. The Labute approximate surface area is 118 Å². The van der Waals surface area contributed by atoms with Crippen LogP contribution in [0.15, 0.2) is 18.2 Å². The highest BCUT2D eigenvalue weighted by Crippen LogP contribution is 2.36. The van der Waals surface area contributed by atoms with E-state index in [1.54, 1.807) is 18.2 Å². The van der Waals surface area contributed by atoms with Crippen molar-refractivity contribution in [2.45, 2.75) is 38.3 Å². The van der Waals surface area contributed by atoms with Crippen LogP contribution in [-0.2, 0) is 4.74 Å². The molecular formula is C14H20N2O4. The zero-order valence-corrected chi connectivity index (χ0v) is 12.0. The summed E-state index contributed by atoms with van der Waals surface area (Å²) in [5, 5.41) is 14.5. The Morgan fingerprint density at radius 2 is 2.25 bits per heavy atom. The predicted octanol–water partition coefficient (Wildman–Crippen LogP) is 2.97. The van der Waals surface area contributed by atoms with Crippen molar-refractivity contribution in [2.24, 2.45) is 0 Å². The highest BCUT2D eigenvalue weighted by Gasteiger charge is 2.30. The number of ether oxygens (including phenoxy) is 2. The lowest BCUT2D eigenvalue weighted by Gasteiger charge is -2.36. The molecule has 1 aromatic carbocycles. The van der Waals surface area contributed by atoms with E-state index in [0.29, 0.717) is 12.3 Å². The minimum absolute atomic E-state index is 0.0145. The van der Waals surface area contributed by atoms with Gasteiger partial charge in [0.1, 0.15) is 5.69 Å². The Hall–Kier alpha value is -1.82. The van der Waals surface area contributed by atoms with Crippen LogP contribution in [0.25, 0.3) is 0 Å². The van der Waals surface area contributed by atoms with Crippen LogP contribution in [0, 0.1) is 10.1 Å². The van der Waals surface area contributed by atoms with Crippen LogP contribution in [0.1, 0.15) is 26.7 Å². The summed E-state index contributed by atoms with van der Waals surface area (Å²) in [5.41, 5.74) is 0.278. The van der Waals surface area contributed by atoms with E-state index in [4.69, 9.17) is 9.47 Å². The van der Waals surface area contributed by atoms with E-state index in [1.165, 1.54) is 7.11 Å². The number of rotatable bonds is 4. The first-order valence-corrected chi connectivity index (χ1v) is 6.65. The maximum Gasteiger partial charge on any atom is 0.333 e. The zero-order chi connectivity index (χ0) is 14.8. The molecule has 1 saturated heterocycles. The molecule has 1 fully saturated rings. The van der Waals surface area contributed by atoms with E-state index in [0.717, 1.165) is 12.8 Å². The summed E-state index contributed by atoms with van der Waals surface area (Å²) in [7, 11) is 1.43. The minimum Gasteiger partial charge on any atom is -0.490 e. The van der Waals surface area contributed by atoms with Crippen LogP contribution in [0.3, 0.4) is 0 Å². The second-order valence-electron chi connectivity index (χ2n) is 5.56. The molecule has 0 bridgehead atoms. The van der Waals surface area contributed by atoms with Gasteiger partial charge < -0.3 is 14.8 Å². The van der Waals surface area contributed by atoms with Gasteiger partial charge in [-0.15, -0.1) is 0 Å². The monoisotopic (exact) mass is 280 g/mol. The number of nitrogens with zero attached hydrogens (tertiary/aromatic N) is 1. The number of nitro groups is 1. The van der Waals surface area contributed by atoms with Gasteiger partial charge in [0.25, 0.3) is 0 Å². The first-order valence-electron chi connectivity index (χ1n) is 6.65. The average molecular weight is 280 g/mol. The van der Waals surface area contributed by atoms with Gasteiger partial charge in [-0.05, 0) is 38.8 Å². The lowest BCUT2D eigenvalue weighted by atomic mass is 9.93. The number of nitro benzene ring substituents is 1. The molecule has 1 aliphatic heterocycles. The number of hydrogen-bond donors (Lipinski definition) is 1. The van der Waals surface area contributed by atoms with Gasteiger partial charge in [-0.2, -0.15) is 0 Å². The summed E-state index contributed by atoms with van der Waals surface area (Å²) < 4.78 is 10.7. The second kappa shape index (κ2) is 5.66. The number of methoxy groups -OCH3 is 1. The van der Waals surface area contributed by atoms with Crippen molar-refractivity contribution in [2.75, 3.05) is 19.0 Å². The topological polar surface area (TPSA) is 73.6 Å². The average Bonchev–Trinajstić information content (AvgIpc) is 2.36. The van der Waals surface area contributed by atoms with Crippen molar-refractivity contribution in [3.8, 4) is 5.75 Å². The van der Waals surface area contributed by atoms with Gasteiger partial charge in [0.15, 0.2) is 5.75 Å². The Morgan fingerprint density at radius 3 is 2.85 bits per heavy atom. The van der Waals surface area contributed by atoms with Gasteiger partial charge in [0.05, 0.1) is 17.6 Å². The van der Waals surface area contributed by atoms with Gasteiger partial charge in [0.2, 0.25) is 0 Å². The fourth-order valence-electron chi connectivity index (χ4n) is 2.57. The first kappa shape index (κ1) is 14.6. The lowest BCUT2D eigenvalue weighted by Crippen LogP contribution is -2.40. The van der Waals surface area contributed by atoms with E-state index < -0.39 is 4.92 Å². The van der Waals surface area contributed by atoms with Gasteiger partial charge in [-0.25, -0.2) is 0 Å². The number of anilines is 1. The molecule has 0 amide bonds. The molecule has 1 unspecified atom stereocenters. The number of para-hydroxylation sites is 1. The van der Waals surface area contributed by atoms with E-state index in [-0.39, 0.29) is 23.1 Å². The Balaban J connectivity index is 2.23. The van der Waals surface area contributed by atoms with Crippen LogP contribution in [-0.4, -0.2) is 30.3 Å². The van der Waals surface area contributed by atoms with Gasteiger partial charge in [0, 0.05) is 12.6 Å². The molecule has 0 radical (unpaired) electrons. The van der Waals surface area contributed by atoms with Gasteiger partial charge >= 0.3 is 5.69 Å². The molecule has 0 aliphatic carbocycles. The minimum atomic E-state index is -0.411. The third kappa shape index (κ3) is 3.19. The summed E-state index contributed by atoms with van der Waals surface area (Å²) >= 11 is 0. The Bertz CT molecular complexity index is 502. The summed E-state index contributed by atoms with van der Waals surface area (Å²) in [4.78, 5) is 10.8. The molecule has 0 spiro atoms. The highest BCUT2D eigenvalue weighted by molar-refractivity contribution is 5.68. The van der Waals surface area contributed by atoms with Gasteiger partial charge in [-0.1, -0.05) is 6.07 Å². The SMILES string of the molecule is COc1cccc(NC2CCOC(C)(C)C2)c1[N+](=O)[O-]. The smallest absolute Gasteiger partial charge is 0.333 e. The number of nitrogens with one attached hydrogen (secondary N) is 1. The normalized spacial score (nSPS) is 21.2. The quantitative estimate of drug-likeness (QED) is 0.678. The van der Waals surface area contributed by atoms with Crippen molar-refractivity contribution in [1.29, 1.82) is 0 Å². The van der Waals surface area contributed by atoms with Crippen LogP contribution < -0.4 is 10.1 Å². The molecule has 1 N–H and O–H groups in total. The van der Waals surface area contributed by atoms with Crippen LogP contribution in [0.2, 0.25) is 0 Å². The van der Waals surface area contributed by atoms with Gasteiger partial charge in [-0.3, -0.25) is 10.1 Å². The lowest BCUT2D eigenvalue weighted by molar-refractivity contribution is -0.384. The zero-order valence-electron chi connectivity index (χ0n) is 12.0.